The molecular formula is C22H27Cl2NO4. The van der Waals surface area contributed by atoms with E-state index in [4.69, 9.17) is 37.4 Å². The van der Waals surface area contributed by atoms with Gasteiger partial charge in [-0.25, -0.2) is 0 Å². The molecule has 158 valence electrons. The van der Waals surface area contributed by atoms with Gasteiger partial charge in [-0.15, -0.1) is 0 Å². The van der Waals surface area contributed by atoms with E-state index in [-0.39, 0.29) is 5.91 Å². The highest BCUT2D eigenvalue weighted by Gasteiger charge is 2.07. The molecule has 0 atom stereocenters. The number of amides is 1. The molecule has 0 bridgehead atoms. The first kappa shape index (κ1) is 23.2. The number of hydrogen-bond acceptors (Lipinski definition) is 4. The van der Waals surface area contributed by atoms with Crippen LogP contribution in [-0.4, -0.2) is 32.3 Å². The third-order valence-corrected chi connectivity index (χ3v) is 4.57. The molecule has 1 N–H and O–H groups in total. The molecule has 1 amide bonds. The monoisotopic (exact) mass is 439 g/mol. The van der Waals surface area contributed by atoms with Gasteiger partial charge in [-0.3, -0.25) is 4.79 Å². The van der Waals surface area contributed by atoms with E-state index in [0.717, 1.165) is 23.5 Å². The van der Waals surface area contributed by atoms with Crippen LogP contribution in [-0.2, 0) is 11.2 Å². The molecule has 0 aliphatic heterocycles. The van der Waals surface area contributed by atoms with Crippen molar-refractivity contribution in [2.75, 3.05) is 26.4 Å². The van der Waals surface area contributed by atoms with Gasteiger partial charge < -0.3 is 19.5 Å². The molecule has 0 unspecified atom stereocenters. The predicted octanol–water partition coefficient (Wildman–Crippen LogP) is 5.31. The van der Waals surface area contributed by atoms with Crippen LogP contribution in [0.4, 0.5) is 0 Å². The summed E-state index contributed by atoms with van der Waals surface area (Å²) in [4.78, 5) is 12.0. The van der Waals surface area contributed by atoms with Crippen LogP contribution in [0.15, 0.2) is 36.4 Å². The van der Waals surface area contributed by atoms with Crippen molar-refractivity contribution in [2.45, 2.75) is 33.1 Å². The Morgan fingerprint density at radius 2 is 1.66 bits per heavy atom. The summed E-state index contributed by atoms with van der Waals surface area (Å²) in [5.74, 6) is 2.03. The van der Waals surface area contributed by atoms with Crippen LogP contribution in [0.3, 0.4) is 0 Å². The van der Waals surface area contributed by atoms with Crippen molar-refractivity contribution in [3.05, 3.63) is 52.0 Å². The lowest BCUT2D eigenvalue weighted by atomic mass is 10.1. The SMILES string of the molecule is CCOc1ccc(CCNC(=O)CCCOc2ccc(Cl)cc2Cl)cc1OCC. The Bertz CT molecular complexity index is 798. The Morgan fingerprint density at radius 3 is 2.38 bits per heavy atom. The molecule has 0 aliphatic rings. The number of benzene rings is 2. The van der Waals surface area contributed by atoms with E-state index in [9.17, 15) is 4.79 Å². The zero-order valence-electron chi connectivity index (χ0n) is 16.8. The van der Waals surface area contributed by atoms with Gasteiger partial charge in [0.15, 0.2) is 11.5 Å². The number of carbonyl (C=O) groups is 1. The van der Waals surface area contributed by atoms with Crippen LogP contribution >= 0.6 is 23.2 Å². The highest BCUT2D eigenvalue weighted by Crippen LogP contribution is 2.29. The standard InChI is InChI=1S/C22H27Cl2NO4/c1-3-27-20-9-7-16(14-21(20)28-4-2)11-12-25-22(26)6-5-13-29-19-10-8-17(23)15-18(19)24/h7-10,14-15H,3-6,11-13H2,1-2H3,(H,25,26). The molecule has 0 saturated carbocycles. The van der Waals surface area contributed by atoms with Gasteiger partial charge >= 0.3 is 0 Å². The largest absolute Gasteiger partial charge is 0.492 e. The third-order valence-electron chi connectivity index (χ3n) is 4.04. The first-order chi connectivity index (χ1) is 14.0. The summed E-state index contributed by atoms with van der Waals surface area (Å²) in [6.45, 7) is 6.00. The smallest absolute Gasteiger partial charge is 0.220 e. The molecule has 0 aliphatic carbocycles. The lowest BCUT2D eigenvalue weighted by molar-refractivity contribution is -0.121. The molecule has 0 radical (unpaired) electrons. The fraction of sp³-hybridized carbons (Fsp3) is 0.409. The van der Waals surface area contributed by atoms with Gasteiger partial charge in [0, 0.05) is 18.0 Å². The van der Waals surface area contributed by atoms with Crippen molar-refractivity contribution in [3.63, 3.8) is 0 Å². The van der Waals surface area contributed by atoms with Crippen LogP contribution in [0.2, 0.25) is 10.0 Å². The lowest BCUT2D eigenvalue weighted by Crippen LogP contribution is -2.25. The summed E-state index contributed by atoms with van der Waals surface area (Å²) in [6.07, 6.45) is 1.70. The Labute approximate surface area is 182 Å². The number of carbonyl (C=O) groups excluding carboxylic acids is 1. The third kappa shape index (κ3) is 8.03. The van der Waals surface area contributed by atoms with Gasteiger partial charge in [0.2, 0.25) is 5.91 Å². The van der Waals surface area contributed by atoms with Crippen LogP contribution in [0.25, 0.3) is 0 Å². The molecule has 0 saturated heterocycles. The van der Waals surface area contributed by atoms with E-state index in [1.165, 1.54) is 0 Å². The van der Waals surface area contributed by atoms with Gasteiger partial charge in [-0.2, -0.15) is 0 Å². The number of ether oxygens (including phenoxy) is 3. The van der Waals surface area contributed by atoms with Crippen LogP contribution in [0, 0.1) is 0 Å². The van der Waals surface area contributed by atoms with E-state index in [1.807, 2.05) is 32.0 Å². The summed E-state index contributed by atoms with van der Waals surface area (Å²) in [5, 5.41) is 3.95. The van der Waals surface area contributed by atoms with Crippen molar-refractivity contribution >= 4 is 29.1 Å². The predicted molar refractivity (Wildman–Crippen MR) is 117 cm³/mol. The van der Waals surface area contributed by atoms with Crippen molar-refractivity contribution in [1.29, 1.82) is 0 Å². The van der Waals surface area contributed by atoms with Gasteiger partial charge in [-0.05, 0) is 62.6 Å². The molecule has 0 aromatic heterocycles. The highest BCUT2D eigenvalue weighted by molar-refractivity contribution is 6.35. The molecule has 7 heteroatoms. The maximum atomic E-state index is 12.0. The van der Waals surface area contributed by atoms with Gasteiger partial charge in [0.1, 0.15) is 5.75 Å². The molecule has 2 aromatic carbocycles. The number of halogens is 2. The van der Waals surface area contributed by atoms with Gasteiger partial charge in [0.25, 0.3) is 0 Å². The Morgan fingerprint density at radius 1 is 0.931 bits per heavy atom. The molecular weight excluding hydrogens is 413 g/mol. The first-order valence-corrected chi connectivity index (χ1v) is 10.5. The maximum Gasteiger partial charge on any atom is 0.220 e. The van der Waals surface area contributed by atoms with E-state index in [0.29, 0.717) is 55.0 Å². The number of nitrogens with one attached hydrogen (secondary N) is 1. The first-order valence-electron chi connectivity index (χ1n) is 9.76. The maximum absolute atomic E-state index is 12.0. The normalized spacial score (nSPS) is 10.5. The summed E-state index contributed by atoms with van der Waals surface area (Å²) >= 11 is 11.9. The molecule has 0 heterocycles. The second-order valence-electron chi connectivity index (χ2n) is 6.27. The van der Waals surface area contributed by atoms with Crippen molar-refractivity contribution in [2.24, 2.45) is 0 Å². The Balaban J connectivity index is 1.69. The molecule has 0 spiro atoms. The quantitative estimate of drug-likeness (QED) is 0.455. The Hall–Kier alpha value is -2.11. The fourth-order valence-corrected chi connectivity index (χ4v) is 3.16. The van der Waals surface area contributed by atoms with E-state index >= 15 is 0 Å². The lowest BCUT2D eigenvalue weighted by Gasteiger charge is -2.12. The molecule has 2 aromatic rings. The minimum atomic E-state index is -0.00762. The minimum Gasteiger partial charge on any atom is -0.492 e. The van der Waals surface area contributed by atoms with Crippen molar-refractivity contribution < 1.29 is 19.0 Å². The van der Waals surface area contributed by atoms with Crippen molar-refractivity contribution in [3.8, 4) is 17.2 Å². The highest BCUT2D eigenvalue weighted by atomic mass is 35.5. The van der Waals surface area contributed by atoms with E-state index < -0.39 is 0 Å². The molecule has 2 rings (SSSR count). The molecule has 0 fully saturated rings. The Kier molecular flexibility index (Phi) is 9.95. The van der Waals surface area contributed by atoms with Crippen LogP contribution in [0.1, 0.15) is 32.3 Å². The second-order valence-corrected chi connectivity index (χ2v) is 7.12. The van der Waals surface area contributed by atoms with E-state index in [1.54, 1.807) is 18.2 Å². The summed E-state index contributed by atoms with van der Waals surface area (Å²) in [7, 11) is 0. The van der Waals surface area contributed by atoms with Crippen molar-refractivity contribution in [1.82, 2.24) is 5.32 Å². The second kappa shape index (κ2) is 12.5. The summed E-state index contributed by atoms with van der Waals surface area (Å²) in [5.41, 5.74) is 1.08. The fourth-order valence-electron chi connectivity index (χ4n) is 2.69. The summed E-state index contributed by atoms with van der Waals surface area (Å²) < 4.78 is 16.8. The van der Waals surface area contributed by atoms with Crippen LogP contribution in [0.5, 0.6) is 17.2 Å². The average Bonchev–Trinajstić information content (AvgIpc) is 2.69. The van der Waals surface area contributed by atoms with Crippen LogP contribution < -0.4 is 19.5 Å². The molecule has 5 nitrogen and oxygen atoms in total. The molecule has 29 heavy (non-hydrogen) atoms. The number of rotatable bonds is 12. The number of hydrogen-bond donors (Lipinski definition) is 1. The van der Waals surface area contributed by atoms with Gasteiger partial charge in [-0.1, -0.05) is 29.3 Å². The zero-order valence-corrected chi connectivity index (χ0v) is 18.3. The summed E-state index contributed by atoms with van der Waals surface area (Å²) in [6, 6.07) is 10.9. The minimum absolute atomic E-state index is 0.00762. The van der Waals surface area contributed by atoms with Gasteiger partial charge in [0.05, 0.1) is 24.8 Å². The topological polar surface area (TPSA) is 56.8 Å². The van der Waals surface area contributed by atoms with E-state index in [2.05, 4.69) is 5.32 Å². The zero-order chi connectivity index (χ0) is 21.1. The average molecular weight is 440 g/mol.